The van der Waals surface area contributed by atoms with Crippen LogP contribution in [0, 0.1) is 0 Å². The molecule has 0 spiro atoms. The highest BCUT2D eigenvalue weighted by Crippen LogP contribution is 2.15. The molecule has 0 N–H and O–H groups in total. The van der Waals surface area contributed by atoms with Gasteiger partial charge in [0.05, 0.1) is 24.7 Å². The number of ether oxygens (including phenoxy) is 1. The summed E-state index contributed by atoms with van der Waals surface area (Å²) in [6.45, 7) is 2.25. The van der Waals surface area contributed by atoms with Crippen LogP contribution < -0.4 is 5.69 Å². The van der Waals surface area contributed by atoms with Crippen molar-refractivity contribution in [3.05, 3.63) is 40.4 Å². The molecule has 1 aromatic carbocycles. The summed E-state index contributed by atoms with van der Waals surface area (Å²) in [5.74, 6) is -0.337. The van der Waals surface area contributed by atoms with Crippen molar-refractivity contribution in [2.45, 2.75) is 26.3 Å². The molecule has 5 heteroatoms. The minimum atomic E-state index is -0.337. The number of aryl methyl sites for hydroxylation is 2. The lowest BCUT2D eigenvalue weighted by molar-refractivity contribution is -0.140. The van der Waals surface area contributed by atoms with Crippen LogP contribution in [0.15, 0.2) is 29.1 Å². The summed E-state index contributed by atoms with van der Waals surface area (Å²) < 4.78 is 6.11. The van der Waals surface area contributed by atoms with Gasteiger partial charge in [0.2, 0.25) is 0 Å². The molecule has 0 atom stereocenters. The molecule has 0 bridgehead atoms. The predicted octanol–water partition coefficient (Wildman–Crippen LogP) is 1.52. The number of hydrogen-bond acceptors (Lipinski definition) is 4. The number of para-hydroxylation sites is 1. The van der Waals surface area contributed by atoms with Crippen LogP contribution in [0.25, 0.3) is 10.9 Å². The molecule has 5 nitrogen and oxygen atoms in total. The Morgan fingerprint density at radius 3 is 2.79 bits per heavy atom. The Morgan fingerprint density at radius 2 is 2.11 bits per heavy atom. The zero-order valence-corrected chi connectivity index (χ0v) is 11.0. The van der Waals surface area contributed by atoms with E-state index in [1.807, 2.05) is 31.2 Å². The molecule has 0 unspecified atom stereocenters. The van der Waals surface area contributed by atoms with E-state index < -0.39 is 0 Å². The van der Waals surface area contributed by atoms with E-state index in [0.717, 1.165) is 16.6 Å². The zero-order chi connectivity index (χ0) is 13.8. The van der Waals surface area contributed by atoms with Crippen molar-refractivity contribution in [1.29, 1.82) is 0 Å². The summed E-state index contributed by atoms with van der Waals surface area (Å²) in [4.78, 5) is 27.3. The number of carbonyl (C=O) groups excluding carboxylic acids is 1. The summed E-state index contributed by atoms with van der Waals surface area (Å²) in [7, 11) is 1.33. The first-order valence-electron chi connectivity index (χ1n) is 6.22. The number of fused-ring (bicyclic) bond motifs is 1. The highest BCUT2D eigenvalue weighted by atomic mass is 16.5. The summed E-state index contributed by atoms with van der Waals surface area (Å²) in [6, 6.07) is 7.60. The lowest BCUT2D eigenvalue weighted by Crippen LogP contribution is -2.26. The quantitative estimate of drug-likeness (QED) is 0.782. The van der Waals surface area contributed by atoms with Crippen molar-refractivity contribution in [2.24, 2.45) is 0 Å². The standard InChI is InChI=1S/C14H16N2O3/c1-3-11-10-6-4-5-7-12(10)16(14(18)15-11)9-8-13(17)19-2/h4-7H,3,8-9H2,1-2H3. The largest absolute Gasteiger partial charge is 0.469 e. The molecular formula is C14H16N2O3. The summed E-state index contributed by atoms with van der Waals surface area (Å²) >= 11 is 0. The average molecular weight is 260 g/mol. The summed E-state index contributed by atoms with van der Waals surface area (Å²) in [6.07, 6.45) is 0.862. The monoisotopic (exact) mass is 260 g/mol. The van der Waals surface area contributed by atoms with Crippen LogP contribution >= 0.6 is 0 Å². The molecule has 0 radical (unpaired) electrons. The molecule has 0 aliphatic carbocycles. The summed E-state index contributed by atoms with van der Waals surface area (Å²) in [5.41, 5.74) is 1.28. The molecule has 0 fully saturated rings. The van der Waals surface area contributed by atoms with Gasteiger partial charge in [-0.15, -0.1) is 0 Å². The average Bonchev–Trinajstić information content (AvgIpc) is 2.45. The van der Waals surface area contributed by atoms with Gasteiger partial charge in [-0.05, 0) is 12.5 Å². The number of rotatable bonds is 4. The van der Waals surface area contributed by atoms with Gasteiger partial charge in [0.25, 0.3) is 0 Å². The molecule has 0 aliphatic heterocycles. The molecule has 1 aromatic heterocycles. The molecule has 2 rings (SSSR count). The van der Waals surface area contributed by atoms with E-state index in [-0.39, 0.29) is 24.6 Å². The van der Waals surface area contributed by atoms with E-state index in [0.29, 0.717) is 6.42 Å². The number of carbonyl (C=O) groups is 1. The highest BCUT2D eigenvalue weighted by Gasteiger charge is 2.10. The van der Waals surface area contributed by atoms with Gasteiger partial charge in [0.1, 0.15) is 0 Å². The number of aromatic nitrogens is 2. The second-order valence-electron chi connectivity index (χ2n) is 4.19. The number of nitrogens with zero attached hydrogens (tertiary/aromatic N) is 2. The number of benzene rings is 1. The van der Waals surface area contributed by atoms with E-state index in [1.165, 1.54) is 11.7 Å². The minimum absolute atomic E-state index is 0.160. The van der Waals surface area contributed by atoms with Crippen molar-refractivity contribution < 1.29 is 9.53 Å². The Bertz CT molecular complexity index is 661. The molecule has 19 heavy (non-hydrogen) atoms. The van der Waals surface area contributed by atoms with Crippen LogP contribution in [0.1, 0.15) is 19.0 Å². The Hall–Kier alpha value is -2.17. The molecule has 0 aliphatic rings. The van der Waals surface area contributed by atoms with Gasteiger partial charge in [0, 0.05) is 11.9 Å². The maximum Gasteiger partial charge on any atom is 0.348 e. The maximum absolute atomic E-state index is 12.0. The third-order valence-corrected chi connectivity index (χ3v) is 3.07. The molecule has 100 valence electrons. The third-order valence-electron chi connectivity index (χ3n) is 3.07. The van der Waals surface area contributed by atoms with E-state index in [9.17, 15) is 9.59 Å². The minimum Gasteiger partial charge on any atom is -0.469 e. The first-order chi connectivity index (χ1) is 9.17. The smallest absolute Gasteiger partial charge is 0.348 e. The predicted molar refractivity (Wildman–Crippen MR) is 72.0 cm³/mol. The Balaban J connectivity index is 2.51. The van der Waals surface area contributed by atoms with Crippen molar-refractivity contribution in [3.63, 3.8) is 0 Å². The van der Waals surface area contributed by atoms with Crippen molar-refractivity contribution >= 4 is 16.9 Å². The van der Waals surface area contributed by atoms with E-state index in [4.69, 9.17) is 0 Å². The Labute approximate surface area is 110 Å². The van der Waals surface area contributed by atoms with Crippen LogP contribution in [-0.2, 0) is 22.5 Å². The fraction of sp³-hybridized carbons (Fsp3) is 0.357. The van der Waals surface area contributed by atoms with Crippen molar-refractivity contribution in [1.82, 2.24) is 9.55 Å². The Kier molecular flexibility index (Phi) is 3.94. The van der Waals surface area contributed by atoms with E-state index in [2.05, 4.69) is 9.72 Å². The van der Waals surface area contributed by atoms with E-state index in [1.54, 1.807) is 0 Å². The van der Waals surface area contributed by atoms with Crippen LogP contribution in [0.2, 0.25) is 0 Å². The molecular weight excluding hydrogens is 244 g/mol. The van der Waals surface area contributed by atoms with Gasteiger partial charge >= 0.3 is 11.7 Å². The number of esters is 1. The molecule has 0 amide bonds. The molecule has 0 saturated heterocycles. The summed E-state index contributed by atoms with van der Waals surface area (Å²) in [5, 5.41) is 0.953. The second kappa shape index (κ2) is 5.65. The number of methoxy groups -OCH3 is 1. The van der Waals surface area contributed by atoms with Crippen molar-refractivity contribution in [3.8, 4) is 0 Å². The Morgan fingerprint density at radius 1 is 1.37 bits per heavy atom. The van der Waals surface area contributed by atoms with Crippen LogP contribution in [-0.4, -0.2) is 22.6 Å². The topological polar surface area (TPSA) is 61.2 Å². The van der Waals surface area contributed by atoms with Gasteiger partial charge in [-0.2, -0.15) is 4.98 Å². The van der Waals surface area contributed by atoms with Gasteiger partial charge in [-0.1, -0.05) is 25.1 Å². The third kappa shape index (κ3) is 2.65. The number of hydrogen-bond donors (Lipinski definition) is 0. The zero-order valence-electron chi connectivity index (χ0n) is 11.0. The van der Waals surface area contributed by atoms with Gasteiger partial charge < -0.3 is 4.74 Å². The fourth-order valence-electron chi connectivity index (χ4n) is 2.08. The molecule has 0 saturated carbocycles. The van der Waals surface area contributed by atoms with Crippen LogP contribution in [0.5, 0.6) is 0 Å². The van der Waals surface area contributed by atoms with Crippen molar-refractivity contribution in [2.75, 3.05) is 7.11 Å². The fourth-order valence-corrected chi connectivity index (χ4v) is 2.08. The SMILES string of the molecule is CCc1nc(=O)n(CCC(=O)OC)c2ccccc12. The first-order valence-corrected chi connectivity index (χ1v) is 6.22. The lowest BCUT2D eigenvalue weighted by Gasteiger charge is -2.11. The maximum atomic E-state index is 12.0. The van der Waals surface area contributed by atoms with E-state index >= 15 is 0 Å². The van der Waals surface area contributed by atoms with Gasteiger partial charge in [-0.3, -0.25) is 9.36 Å². The van der Waals surface area contributed by atoms with Crippen LogP contribution in [0.3, 0.4) is 0 Å². The molecule has 2 aromatic rings. The van der Waals surface area contributed by atoms with Gasteiger partial charge in [0.15, 0.2) is 0 Å². The van der Waals surface area contributed by atoms with Crippen LogP contribution in [0.4, 0.5) is 0 Å². The van der Waals surface area contributed by atoms with Gasteiger partial charge in [-0.25, -0.2) is 4.79 Å². The normalized spacial score (nSPS) is 10.6. The lowest BCUT2D eigenvalue weighted by atomic mass is 10.1. The second-order valence-corrected chi connectivity index (χ2v) is 4.19. The highest BCUT2D eigenvalue weighted by molar-refractivity contribution is 5.81. The first kappa shape index (κ1) is 13.3. The molecule has 1 heterocycles.